The lowest BCUT2D eigenvalue weighted by atomic mass is 10.1. The van der Waals surface area contributed by atoms with Crippen molar-refractivity contribution in [3.8, 4) is 0 Å². The zero-order valence-corrected chi connectivity index (χ0v) is 15.9. The van der Waals surface area contributed by atoms with Gasteiger partial charge in [-0.2, -0.15) is 0 Å². The van der Waals surface area contributed by atoms with Crippen LogP contribution < -0.4 is 5.32 Å². The summed E-state index contributed by atoms with van der Waals surface area (Å²) >= 11 is 0. The highest BCUT2D eigenvalue weighted by Crippen LogP contribution is 2.14. The number of hydrogen-bond donors (Lipinski definition) is 1. The molecule has 0 radical (unpaired) electrons. The van der Waals surface area contributed by atoms with Crippen LogP contribution >= 0.6 is 0 Å². The smallest absolute Gasteiger partial charge is 0.193 e. The van der Waals surface area contributed by atoms with E-state index in [0.29, 0.717) is 0 Å². The third kappa shape index (κ3) is 4.95. The number of likely N-dealkylation sites (tertiary alicyclic amines) is 1. The third-order valence-electron chi connectivity index (χ3n) is 5.48. The summed E-state index contributed by atoms with van der Waals surface area (Å²) in [6, 6.07) is 8.84. The Morgan fingerprint density at radius 1 is 0.960 bits per heavy atom. The summed E-state index contributed by atoms with van der Waals surface area (Å²) in [7, 11) is 1.89. The molecule has 1 aromatic carbocycles. The fourth-order valence-electron chi connectivity index (χ4n) is 3.82. The molecule has 25 heavy (non-hydrogen) atoms. The van der Waals surface area contributed by atoms with Crippen LogP contribution in [0, 0.1) is 0 Å². The minimum Gasteiger partial charge on any atom is -0.352 e. The highest BCUT2D eigenvalue weighted by Gasteiger charge is 2.18. The summed E-state index contributed by atoms with van der Waals surface area (Å²) in [5.41, 5.74) is 2.83. The number of aliphatic imine (C=N–C) groups is 1. The summed E-state index contributed by atoms with van der Waals surface area (Å²) in [6.07, 6.45) is 2.56. The van der Waals surface area contributed by atoms with Crippen molar-refractivity contribution < 1.29 is 0 Å². The number of benzene rings is 1. The first-order valence-electron chi connectivity index (χ1n) is 9.77. The largest absolute Gasteiger partial charge is 0.352 e. The van der Waals surface area contributed by atoms with E-state index in [2.05, 4.69) is 56.2 Å². The molecule has 0 atom stereocenters. The van der Waals surface area contributed by atoms with Crippen molar-refractivity contribution in [1.82, 2.24) is 20.0 Å². The number of nitrogens with one attached hydrogen (secondary N) is 1. The molecule has 2 fully saturated rings. The van der Waals surface area contributed by atoms with Crippen molar-refractivity contribution in [2.24, 2.45) is 4.99 Å². The number of likely N-dealkylation sites (N-methyl/N-ethyl adjacent to an activating group) is 1. The Hall–Kier alpha value is -1.59. The second kappa shape index (κ2) is 9.20. The van der Waals surface area contributed by atoms with E-state index in [4.69, 9.17) is 0 Å². The van der Waals surface area contributed by atoms with E-state index >= 15 is 0 Å². The number of guanidine groups is 1. The van der Waals surface area contributed by atoms with Gasteiger partial charge in [0.25, 0.3) is 0 Å². The molecule has 0 spiro atoms. The van der Waals surface area contributed by atoms with E-state index in [0.717, 1.165) is 32.1 Å². The quantitative estimate of drug-likeness (QED) is 0.655. The highest BCUT2D eigenvalue weighted by atomic mass is 15.3. The summed E-state index contributed by atoms with van der Waals surface area (Å²) in [5.74, 6) is 1.05. The van der Waals surface area contributed by atoms with E-state index in [1.54, 1.807) is 0 Å². The van der Waals surface area contributed by atoms with Gasteiger partial charge in [0.2, 0.25) is 0 Å². The molecule has 2 aliphatic rings. The lowest BCUT2D eigenvalue weighted by molar-refractivity contribution is 0.131. The zero-order valence-electron chi connectivity index (χ0n) is 15.9. The molecule has 1 N–H and O–H groups in total. The molecule has 0 aliphatic carbocycles. The molecule has 2 aliphatic heterocycles. The van der Waals surface area contributed by atoms with Gasteiger partial charge in [-0.15, -0.1) is 0 Å². The monoisotopic (exact) mass is 343 g/mol. The van der Waals surface area contributed by atoms with Gasteiger partial charge in [0, 0.05) is 59.4 Å². The minimum atomic E-state index is 0.855. The van der Waals surface area contributed by atoms with Gasteiger partial charge >= 0.3 is 0 Å². The van der Waals surface area contributed by atoms with Crippen molar-refractivity contribution in [1.29, 1.82) is 0 Å². The van der Waals surface area contributed by atoms with Crippen LogP contribution in [0.4, 0.5) is 0 Å². The number of hydrogen-bond acceptors (Lipinski definition) is 3. The van der Waals surface area contributed by atoms with Crippen LogP contribution in [0.3, 0.4) is 0 Å². The second-order valence-electron chi connectivity index (χ2n) is 7.07. The summed E-state index contributed by atoms with van der Waals surface area (Å²) in [5, 5.41) is 3.57. The molecule has 0 amide bonds. The summed E-state index contributed by atoms with van der Waals surface area (Å²) in [4.78, 5) is 11.9. The Bertz CT molecular complexity index is 557. The summed E-state index contributed by atoms with van der Waals surface area (Å²) < 4.78 is 0. The van der Waals surface area contributed by atoms with Crippen molar-refractivity contribution in [3.63, 3.8) is 0 Å². The number of piperazine rings is 1. The van der Waals surface area contributed by atoms with Gasteiger partial charge in [0.1, 0.15) is 0 Å². The van der Waals surface area contributed by atoms with Crippen molar-refractivity contribution in [2.75, 3.05) is 52.9 Å². The highest BCUT2D eigenvalue weighted by molar-refractivity contribution is 5.80. The normalized spacial score (nSPS) is 20.2. The van der Waals surface area contributed by atoms with Crippen LogP contribution in [0.25, 0.3) is 0 Å². The molecule has 3 rings (SSSR count). The molecule has 0 unspecified atom stereocenters. The lowest BCUT2D eigenvalue weighted by Gasteiger charge is -2.34. The fraction of sp³-hybridized carbons (Fsp3) is 0.650. The SMILES string of the molecule is CCN1CCN(Cc2ccccc2CNC(=NC)N2CCCC2)CC1. The molecule has 0 saturated carbocycles. The molecule has 0 aromatic heterocycles. The van der Waals surface area contributed by atoms with Gasteiger partial charge in [0.15, 0.2) is 5.96 Å². The Kier molecular flexibility index (Phi) is 6.70. The van der Waals surface area contributed by atoms with Crippen molar-refractivity contribution in [2.45, 2.75) is 32.9 Å². The predicted molar refractivity (Wildman–Crippen MR) is 105 cm³/mol. The Labute approximate surface area is 152 Å². The molecule has 5 heteroatoms. The Morgan fingerprint density at radius 2 is 1.60 bits per heavy atom. The van der Waals surface area contributed by atoms with Gasteiger partial charge in [-0.1, -0.05) is 31.2 Å². The van der Waals surface area contributed by atoms with Gasteiger partial charge < -0.3 is 15.1 Å². The first-order chi connectivity index (χ1) is 12.3. The summed E-state index contributed by atoms with van der Waals surface area (Å²) in [6.45, 7) is 12.3. The molecule has 2 heterocycles. The topological polar surface area (TPSA) is 34.1 Å². The standard InChI is InChI=1S/C20H33N5/c1-3-23-12-14-24(15-13-23)17-19-9-5-4-8-18(19)16-22-20(21-2)25-10-6-7-11-25/h4-5,8-9H,3,6-7,10-17H2,1-2H3,(H,21,22). The van der Waals surface area contributed by atoms with Gasteiger partial charge in [0.05, 0.1) is 0 Å². The van der Waals surface area contributed by atoms with Crippen LogP contribution in [0.5, 0.6) is 0 Å². The van der Waals surface area contributed by atoms with Crippen LogP contribution in [0.15, 0.2) is 29.3 Å². The van der Waals surface area contributed by atoms with E-state index in [9.17, 15) is 0 Å². The molecular formula is C20H33N5. The maximum absolute atomic E-state index is 4.46. The predicted octanol–water partition coefficient (Wildman–Crippen LogP) is 2.00. The van der Waals surface area contributed by atoms with Gasteiger partial charge in [-0.25, -0.2) is 0 Å². The fourth-order valence-corrected chi connectivity index (χ4v) is 3.82. The molecule has 2 saturated heterocycles. The first-order valence-corrected chi connectivity index (χ1v) is 9.77. The molecular weight excluding hydrogens is 310 g/mol. The Morgan fingerprint density at radius 3 is 2.24 bits per heavy atom. The molecule has 0 bridgehead atoms. The molecule has 1 aromatic rings. The van der Waals surface area contributed by atoms with Crippen LogP contribution in [0.1, 0.15) is 30.9 Å². The first kappa shape index (κ1) is 18.2. The average Bonchev–Trinajstić information content (AvgIpc) is 3.19. The maximum Gasteiger partial charge on any atom is 0.193 e. The second-order valence-corrected chi connectivity index (χ2v) is 7.07. The van der Waals surface area contributed by atoms with Gasteiger partial charge in [-0.05, 0) is 30.5 Å². The van der Waals surface area contributed by atoms with Crippen molar-refractivity contribution in [3.05, 3.63) is 35.4 Å². The van der Waals surface area contributed by atoms with E-state index in [1.165, 1.54) is 56.7 Å². The van der Waals surface area contributed by atoms with E-state index < -0.39 is 0 Å². The van der Waals surface area contributed by atoms with Crippen LogP contribution in [0.2, 0.25) is 0 Å². The maximum atomic E-state index is 4.46. The zero-order chi connectivity index (χ0) is 17.5. The average molecular weight is 344 g/mol. The van der Waals surface area contributed by atoms with E-state index in [1.807, 2.05) is 7.05 Å². The lowest BCUT2D eigenvalue weighted by Crippen LogP contribution is -2.45. The van der Waals surface area contributed by atoms with E-state index in [-0.39, 0.29) is 0 Å². The number of nitrogens with zero attached hydrogens (tertiary/aromatic N) is 4. The van der Waals surface area contributed by atoms with Crippen molar-refractivity contribution >= 4 is 5.96 Å². The minimum absolute atomic E-state index is 0.855. The third-order valence-corrected chi connectivity index (χ3v) is 5.48. The molecule has 5 nitrogen and oxygen atoms in total. The molecule has 138 valence electrons. The van der Waals surface area contributed by atoms with Crippen LogP contribution in [-0.4, -0.2) is 73.5 Å². The number of rotatable bonds is 5. The Balaban J connectivity index is 1.57. The van der Waals surface area contributed by atoms with Crippen LogP contribution in [-0.2, 0) is 13.1 Å². The van der Waals surface area contributed by atoms with Gasteiger partial charge in [-0.3, -0.25) is 9.89 Å².